The van der Waals surface area contributed by atoms with Gasteiger partial charge in [0.1, 0.15) is 0 Å². The fourth-order valence-corrected chi connectivity index (χ4v) is 2.72. The fraction of sp³-hybridized carbons (Fsp3) is 0.800. The minimum absolute atomic E-state index is 0.0386. The molecule has 0 heterocycles. The van der Waals surface area contributed by atoms with Crippen molar-refractivity contribution in [1.82, 2.24) is 4.72 Å². The molecule has 1 fully saturated rings. The van der Waals surface area contributed by atoms with Crippen molar-refractivity contribution in [3.63, 3.8) is 0 Å². The van der Waals surface area contributed by atoms with Crippen molar-refractivity contribution < 1.29 is 21.6 Å². The summed E-state index contributed by atoms with van der Waals surface area (Å²) >= 11 is 0. The van der Waals surface area contributed by atoms with Crippen LogP contribution in [0.25, 0.3) is 0 Å². The van der Waals surface area contributed by atoms with E-state index in [1.165, 1.54) is 0 Å². The van der Waals surface area contributed by atoms with Gasteiger partial charge in [0.25, 0.3) is 0 Å². The number of allylic oxidation sites excluding steroid dienone is 2. The Labute approximate surface area is 99.1 Å². The summed E-state index contributed by atoms with van der Waals surface area (Å²) in [6, 6.07) is 0. The van der Waals surface area contributed by atoms with Crippen LogP contribution in [-0.4, -0.2) is 20.5 Å². The topological polar surface area (TPSA) is 46.2 Å². The zero-order valence-corrected chi connectivity index (χ0v) is 10.3. The van der Waals surface area contributed by atoms with Crippen molar-refractivity contribution in [1.29, 1.82) is 0 Å². The van der Waals surface area contributed by atoms with Crippen molar-refractivity contribution in [3.05, 3.63) is 12.2 Å². The van der Waals surface area contributed by atoms with Crippen LogP contribution in [0, 0.1) is 11.8 Å². The molecule has 1 aliphatic carbocycles. The second kappa shape index (κ2) is 5.39. The second-order valence-corrected chi connectivity index (χ2v) is 5.94. The third kappa shape index (κ3) is 3.70. The third-order valence-corrected chi connectivity index (χ3v) is 4.15. The van der Waals surface area contributed by atoms with Crippen molar-refractivity contribution in [2.45, 2.75) is 31.7 Å². The maximum atomic E-state index is 12.1. The standard InChI is InChI=1S/C10H16F3NO2S/c1-2-4-8-5-3-6-9(8)7-14-17(15,16)10(11,12)13/h2,4,8-9,14H,3,5-7H2,1H3/b4-2-. The lowest BCUT2D eigenvalue weighted by atomic mass is 9.96. The van der Waals surface area contributed by atoms with Gasteiger partial charge in [-0.15, -0.1) is 0 Å². The Morgan fingerprint density at radius 1 is 1.35 bits per heavy atom. The molecule has 1 rings (SSSR count). The summed E-state index contributed by atoms with van der Waals surface area (Å²) in [7, 11) is -5.20. The Balaban J connectivity index is 2.57. The Hall–Kier alpha value is -0.560. The van der Waals surface area contributed by atoms with Crippen LogP contribution in [-0.2, 0) is 10.0 Å². The molecule has 0 saturated heterocycles. The summed E-state index contributed by atoms with van der Waals surface area (Å²) in [4.78, 5) is 0. The van der Waals surface area contributed by atoms with Gasteiger partial charge in [-0.05, 0) is 31.6 Å². The van der Waals surface area contributed by atoms with Gasteiger partial charge < -0.3 is 0 Å². The lowest BCUT2D eigenvalue weighted by Gasteiger charge is -2.17. The largest absolute Gasteiger partial charge is 0.511 e. The molecular weight excluding hydrogens is 255 g/mol. The van der Waals surface area contributed by atoms with Crippen LogP contribution in [0.4, 0.5) is 13.2 Å². The molecule has 2 unspecified atom stereocenters. The monoisotopic (exact) mass is 271 g/mol. The van der Waals surface area contributed by atoms with Crippen LogP contribution in [0.1, 0.15) is 26.2 Å². The van der Waals surface area contributed by atoms with Crippen LogP contribution in [0.2, 0.25) is 0 Å². The average Bonchev–Trinajstić information content (AvgIpc) is 2.61. The summed E-state index contributed by atoms with van der Waals surface area (Å²) < 4.78 is 59.5. The van der Waals surface area contributed by atoms with E-state index in [-0.39, 0.29) is 18.4 Å². The number of halogens is 3. The number of hydrogen-bond acceptors (Lipinski definition) is 2. The molecule has 7 heteroatoms. The number of sulfonamides is 1. The molecule has 1 aliphatic rings. The maximum absolute atomic E-state index is 12.1. The van der Waals surface area contributed by atoms with E-state index in [0.29, 0.717) is 0 Å². The van der Waals surface area contributed by atoms with Gasteiger partial charge in [-0.25, -0.2) is 13.1 Å². The van der Waals surface area contributed by atoms with Gasteiger partial charge in [0.2, 0.25) is 0 Å². The average molecular weight is 271 g/mol. The quantitative estimate of drug-likeness (QED) is 0.798. The number of hydrogen-bond donors (Lipinski definition) is 1. The van der Waals surface area contributed by atoms with Gasteiger partial charge in [0, 0.05) is 6.54 Å². The van der Waals surface area contributed by atoms with E-state index in [1.54, 1.807) is 4.72 Å². The molecule has 0 aromatic rings. The highest BCUT2D eigenvalue weighted by molar-refractivity contribution is 7.90. The number of alkyl halides is 3. The SMILES string of the molecule is C/C=C\C1CCCC1CNS(=O)(=O)C(F)(F)F. The summed E-state index contributed by atoms with van der Waals surface area (Å²) in [5.74, 6) is 0.138. The minimum atomic E-state index is -5.22. The zero-order valence-electron chi connectivity index (χ0n) is 9.50. The Bertz CT molecular complexity index is 376. The van der Waals surface area contributed by atoms with Crippen molar-refractivity contribution in [3.8, 4) is 0 Å². The maximum Gasteiger partial charge on any atom is 0.511 e. The predicted octanol–water partition coefficient (Wildman–Crippen LogP) is 2.42. The first-order valence-corrected chi connectivity index (χ1v) is 6.95. The molecule has 17 heavy (non-hydrogen) atoms. The molecule has 0 amide bonds. The van der Waals surface area contributed by atoms with E-state index in [1.807, 2.05) is 19.1 Å². The Morgan fingerprint density at radius 2 is 2.00 bits per heavy atom. The molecule has 3 nitrogen and oxygen atoms in total. The van der Waals surface area contributed by atoms with E-state index >= 15 is 0 Å². The van der Waals surface area contributed by atoms with E-state index in [0.717, 1.165) is 19.3 Å². The van der Waals surface area contributed by atoms with Crippen LogP contribution < -0.4 is 4.72 Å². The summed E-state index contributed by atoms with van der Waals surface area (Å²) in [6.45, 7) is 1.70. The summed E-state index contributed by atoms with van der Waals surface area (Å²) in [5.41, 5.74) is -5.22. The number of rotatable bonds is 4. The first-order valence-electron chi connectivity index (χ1n) is 5.46. The predicted molar refractivity (Wildman–Crippen MR) is 58.6 cm³/mol. The van der Waals surface area contributed by atoms with E-state index in [9.17, 15) is 21.6 Å². The highest BCUT2D eigenvalue weighted by Gasteiger charge is 2.46. The van der Waals surface area contributed by atoms with Gasteiger partial charge in [-0.1, -0.05) is 18.6 Å². The van der Waals surface area contributed by atoms with E-state index < -0.39 is 15.5 Å². The first-order chi connectivity index (χ1) is 7.78. The Morgan fingerprint density at radius 3 is 2.53 bits per heavy atom. The molecule has 0 aliphatic heterocycles. The van der Waals surface area contributed by atoms with Crippen molar-refractivity contribution in [2.24, 2.45) is 11.8 Å². The molecular formula is C10H16F3NO2S. The van der Waals surface area contributed by atoms with Crippen molar-refractivity contribution in [2.75, 3.05) is 6.54 Å². The Kier molecular flexibility index (Phi) is 4.60. The van der Waals surface area contributed by atoms with Crippen LogP contribution >= 0.6 is 0 Å². The molecule has 0 aromatic heterocycles. The second-order valence-electron chi connectivity index (χ2n) is 4.18. The normalized spacial score (nSPS) is 26.8. The van der Waals surface area contributed by atoms with E-state index in [4.69, 9.17) is 0 Å². The van der Waals surface area contributed by atoms with Crippen LogP contribution in [0.15, 0.2) is 12.2 Å². The summed E-state index contributed by atoms with van der Waals surface area (Å²) in [6.07, 6.45) is 6.37. The first kappa shape index (κ1) is 14.5. The van der Waals surface area contributed by atoms with Gasteiger partial charge in [0.05, 0.1) is 0 Å². The molecule has 2 atom stereocenters. The van der Waals surface area contributed by atoms with Gasteiger partial charge in [-0.3, -0.25) is 0 Å². The molecule has 0 spiro atoms. The lowest BCUT2D eigenvalue weighted by molar-refractivity contribution is -0.0448. The van der Waals surface area contributed by atoms with Gasteiger partial charge in [-0.2, -0.15) is 13.2 Å². The molecule has 1 saturated carbocycles. The molecule has 0 bridgehead atoms. The van der Waals surface area contributed by atoms with E-state index in [2.05, 4.69) is 0 Å². The fourth-order valence-electron chi connectivity index (χ4n) is 2.12. The molecule has 1 N–H and O–H groups in total. The molecule has 100 valence electrons. The molecule has 0 radical (unpaired) electrons. The molecule has 0 aromatic carbocycles. The zero-order chi connectivity index (χ0) is 13.1. The minimum Gasteiger partial charge on any atom is -0.207 e. The highest BCUT2D eigenvalue weighted by atomic mass is 32.2. The smallest absolute Gasteiger partial charge is 0.207 e. The number of nitrogens with one attached hydrogen (secondary N) is 1. The van der Waals surface area contributed by atoms with Crippen LogP contribution in [0.5, 0.6) is 0 Å². The van der Waals surface area contributed by atoms with Gasteiger partial charge >= 0.3 is 15.5 Å². The van der Waals surface area contributed by atoms with Crippen molar-refractivity contribution >= 4 is 10.0 Å². The summed E-state index contributed by atoms with van der Waals surface area (Å²) in [5, 5.41) is 0. The van der Waals surface area contributed by atoms with Gasteiger partial charge in [0.15, 0.2) is 0 Å². The lowest BCUT2D eigenvalue weighted by Crippen LogP contribution is -2.39. The highest BCUT2D eigenvalue weighted by Crippen LogP contribution is 2.33. The third-order valence-electron chi connectivity index (χ3n) is 3.00. The van der Waals surface area contributed by atoms with Crippen LogP contribution in [0.3, 0.4) is 0 Å².